The van der Waals surface area contributed by atoms with Gasteiger partial charge in [-0.05, 0) is 26.8 Å². The van der Waals surface area contributed by atoms with Crippen molar-refractivity contribution in [3.8, 4) is 0 Å². The number of hydrogen-bond donors (Lipinski definition) is 1. The molecule has 0 bridgehead atoms. The predicted octanol–water partition coefficient (Wildman–Crippen LogP) is 2.04. The van der Waals surface area contributed by atoms with E-state index in [0.717, 1.165) is 6.07 Å². The molecule has 1 fully saturated rings. The van der Waals surface area contributed by atoms with E-state index in [0.29, 0.717) is 0 Å². The second-order valence-electron chi connectivity index (χ2n) is 6.51. The normalized spacial score (nSPS) is 15.7. The average Bonchev–Trinajstić information content (AvgIpc) is 2.48. The molecule has 1 aliphatic heterocycles. The standard InChI is InChI=1S/C16H20F2N2O4/c1-16(2,3)24-15(23)19-4-5-20(13(22)8-19)11-6-10(9-21)14(18)12(17)7-11/h6-7,21H,4-5,8-9H2,1-3H3. The number of anilines is 1. The van der Waals surface area contributed by atoms with E-state index in [2.05, 4.69) is 0 Å². The van der Waals surface area contributed by atoms with Gasteiger partial charge >= 0.3 is 6.09 Å². The van der Waals surface area contributed by atoms with Gasteiger partial charge < -0.3 is 14.7 Å². The second kappa shape index (κ2) is 6.72. The van der Waals surface area contributed by atoms with Crippen molar-refractivity contribution >= 4 is 17.7 Å². The molecule has 1 aliphatic rings. The number of aliphatic hydroxyl groups excluding tert-OH is 1. The van der Waals surface area contributed by atoms with E-state index in [-0.39, 0.29) is 30.9 Å². The summed E-state index contributed by atoms with van der Waals surface area (Å²) in [6.45, 7) is 4.59. The Morgan fingerprint density at radius 3 is 2.50 bits per heavy atom. The highest BCUT2D eigenvalue weighted by Gasteiger charge is 2.31. The monoisotopic (exact) mass is 342 g/mol. The first-order chi connectivity index (χ1) is 11.1. The molecule has 0 radical (unpaired) electrons. The van der Waals surface area contributed by atoms with Gasteiger partial charge in [-0.1, -0.05) is 0 Å². The van der Waals surface area contributed by atoms with Crippen molar-refractivity contribution in [2.45, 2.75) is 33.0 Å². The molecule has 8 heteroatoms. The number of ether oxygens (including phenoxy) is 1. The quantitative estimate of drug-likeness (QED) is 0.893. The van der Waals surface area contributed by atoms with Crippen LogP contribution in [0.3, 0.4) is 0 Å². The predicted molar refractivity (Wildman–Crippen MR) is 82.4 cm³/mol. The fourth-order valence-corrected chi connectivity index (χ4v) is 2.33. The topological polar surface area (TPSA) is 70.1 Å². The molecule has 2 rings (SSSR count). The molecule has 24 heavy (non-hydrogen) atoms. The van der Waals surface area contributed by atoms with Gasteiger partial charge in [0.05, 0.1) is 6.61 Å². The number of aliphatic hydroxyl groups is 1. The summed E-state index contributed by atoms with van der Waals surface area (Å²) in [6, 6.07) is 2.12. The Kier molecular flexibility index (Phi) is 5.08. The van der Waals surface area contributed by atoms with E-state index in [9.17, 15) is 18.4 Å². The Bertz CT molecular complexity index is 658. The summed E-state index contributed by atoms with van der Waals surface area (Å²) >= 11 is 0. The maximum Gasteiger partial charge on any atom is 0.410 e. The van der Waals surface area contributed by atoms with Crippen LogP contribution in [-0.2, 0) is 16.1 Å². The van der Waals surface area contributed by atoms with Crippen LogP contribution in [-0.4, -0.2) is 47.2 Å². The van der Waals surface area contributed by atoms with Gasteiger partial charge in [-0.25, -0.2) is 13.6 Å². The third-order valence-electron chi connectivity index (χ3n) is 3.44. The molecule has 0 saturated carbocycles. The Morgan fingerprint density at radius 1 is 1.29 bits per heavy atom. The maximum absolute atomic E-state index is 13.6. The van der Waals surface area contributed by atoms with E-state index in [1.807, 2.05) is 0 Å². The van der Waals surface area contributed by atoms with Gasteiger partial charge in [-0.15, -0.1) is 0 Å². The van der Waals surface area contributed by atoms with Gasteiger partial charge in [-0.2, -0.15) is 0 Å². The zero-order valence-electron chi connectivity index (χ0n) is 13.8. The van der Waals surface area contributed by atoms with Crippen molar-refractivity contribution in [1.82, 2.24) is 4.90 Å². The maximum atomic E-state index is 13.6. The minimum absolute atomic E-state index is 0.119. The molecule has 2 amide bonds. The summed E-state index contributed by atoms with van der Waals surface area (Å²) in [5.41, 5.74) is -0.757. The van der Waals surface area contributed by atoms with E-state index < -0.39 is 35.8 Å². The van der Waals surface area contributed by atoms with Gasteiger partial charge in [0.25, 0.3) is 0 Å². The summed E-state index contributed by atoms with van der Waals surface area (Å²) < 4.78 is 32.3. The molecule has 1 saturated heterocycles. The van der Waals surface area contributed by atoms with Crippen LogP contribution >= 0.6 is 0 Å². The first kappa shape index (κ1) is 18.1. The van der Waals surface area contributed by atoms with Crippen LogP contribution in [0.1, 0.15) is 26.3 Å². The third-order valence-corrected chi connectivity index (χ3v) is 3.44. The van der Waals surface area contributed by atoms with Crippen molar-refractivity contribution in [2.24, 2.45) is 0 Å². The highest BCUT2D eigenvalue weighted by molar-refractivity contribution is 5.97. The zero-order chi connectivity index (χ0) is 18.1. The van der Waals surface area contributed by atoms with Crippen LogP contribution < -0.4 is 4.90 Å². The summed E-state index contributed by atoms with van der Waals surface area (Å²) in [4.78, 5) is 26.8. The summed E-state index contributed by atoms with van der Waals surface area (Å²) in [7, 11) is 0. The molecule has 1 heterocycles. The summed E-state index contributed by atoms with van der Waals surface area (Å²) in [6.07, 6.45) is -0.600. The molecule has 132 valence electrons. The minimum Gasteiger partial charge on any atom is -0.444 e. The first-order valence-corrected chi connectivity index (χ1v) is 7.49. The Balaban J connectivity index is 2.13. The number of piperazine rings is 1. The van der Waals surface area contributed by atoms with Crippen LogP contribution in [0.15, 0.2) is 12.1 Å². The van der Waals surface area contributed by atoms with E-state index >= 15 is 0 Å². The van der Waals surface area contributed by atoms with Gasteiger partial charge in [0, 0.05) is 30.4 Å². The lowest BCUT2D eigenvalue weighted by Crippen LogP contribution is -2.53. The number of nitrogens with zero attached hydrogens (tertiary/aromatic N) is 2. The molecular formula is C16H20F2N2O4. The van der Waals surface area contributed by atoms with E-state index in [1.165, 1.54) is 15.9 Å². The summed E-state index contributed by atoms with van der Waals surface area (Å²) in [5.74, 6) is -2.72. The lowest BCUT2D eigenvalue weighted by molar-refractivity contribution is -0.121. The smallest absolute Gasteiger partial charge is 0.410 e. The van der Waals surface area contributed by atoms with Crippen LogP contribution in [0.4, 0.5) is 19.3 Å². The molecule has 6 nitrogen and oxygen atoms in total. The average molecular weight is 342 g/mol. The Morgan fingerprint density at radius 2 is 1.96 bits per heavy atom. The molecule has 1 aromatic rings. The molecule has 0 aliphatic carbocycles. The fraction of sp³-hybridized carbons (Fsp3) is 0.500. The van der Waals surface area contributed by atoms with Crippen molar-refractivity contribution in [3.05, 3.63) is 29.3 Å². The lowest BCUT2D eigenvalue weighted by Gasteiger charge is -2.35. The molecule has 1 N–H and O–H groups in total. The molecule has 0 atom stereocenters. The second-order valence-corrected chi connectivity index (χ2v) is 6.51. The van der Waals surface area contributed by atoms with Gasteiger partial charge in [0.1, 0.15) is 12.1 Å². The number of benzene rings is 1. The number of halogens is 2. The SMILES string of the molecule is CC(C)(C)OC(=O)N1CCN(c2cc(F)c(F)c(CO)c2)C(=O)C1. The van der Waals surface area contributed by atoms with Crippen molar-refractivity contribution < 1.29 is 28.2 Å². The van der Waals surface area contributed by atoms with Gasteiger partial charge in [-0.3, -0.25) is 9.69 Å². The molecule has 0 unspecified atom stereocenters. The van der Waals surface area contributed by atoms with Crippen molar-refractivity contribution in [2.75, 3.05) is 24.5 Å². The number of hydrogen-bond acceptors (Lipinski definition) is 4. The van der Waals surface area contributed by atoms with Crippen molar-refractivity contribution in [3.63, 3.8) is 0 Å². The fourth-order valence-electron chi connectivity index (χ4n) is 2.33. The molecular weight excluding hydrogens is 322 g/mol. The first-order valence-electron chi connectivity index (χ1n) is 7.49. The van der Waals surface area contributed by atoms with Crippen molar-refractivity contribution in [1.29, 1.82) is 0 Å². The number of amides is 2. The van der Waals surface area contributed by atoms with E-state index in [1.54, 1.807) is 20.8 Å². The Hall–Kier alpha value is -2.22. The van der Waals surface area contributed by atoms with Gasteiger partial charge in [0.2, 0.25) is 5.91 Å². The van der Waals surface area contributed by atoms with Crippen LogP contribution in [0.25, 0.3) is 0 Å². The van der Waals surface area contributed by atoms with Crippen LogP contribution in [0.5, 0.6) is 0 Å². The minimum atomic E-state index is -1.14. The molecule has 0 spiro atoms. The molecule has 1 aromatic carbocycles. The van der Waals surface area contributed by atoms with Crippen LogP contribution in [0, 0.1) is 11.6 Å². The number of carbonyl (C=O) groups excluding carboxylic acids is 2. The summed E-state index contributed by atoms with van der Waals surface area (Å²) in [5, 5.41) is 9.08. The highest BCUT2D eigenvalue weighted by Crippen LogP contribution is 2.24. The third kappa shape index (κ3) is 4.00. The Labute approximate surface area is 138 Å². The van der Waals surface area contributed by atoms with Gasteiger partial charge in [0.15, 0.2) is 11.6 Å². The lowest BCUT2D eigenvalue weighted by atomic mass is 10.1. The molecule has 0 aromatic heterocycles. The zero-order valence-corrected chi connectivity index (χ0v) is 13.8. The number of carbonyl (C=O) groups is 2. The van der Waals surface area contributed by atoms with E-state index in [4.69, 9.17) is 9.84 Å². The highest BCUT2D eigenvalue weighted by atomic mass is 19.2. The number of rotatable bonds is 2. The van der Waals surface area contributed by atoms with Crippen LogP contribution in [0.2, 0.25) is 0 Å². The largest absolute Gasteiger partial charge is 0.444 e.